The maximum absolute atomic E-state index is 11.6. The molecule has 1 unspecified atom stereocenters. The van der Waals surface area contributed by atoms with Crippen molar-refractivity contribution in [2.45, 2.75) is 24.8 Å². The van der Waals surface area contributed by atoms with Crippen molar-refractivity contribution in [1.29, 1.82) is 0 Å². The van der Waals surface area contributed by atoms with E-state index in [1.807, 2.05) is 18.2 Å². The molecular weight excluding hydrogens is 246 g/mol. The average molecular weight is 265 g/mol. The Morgan fingerprint density at radius 1 is 1.42 bits per heavy atom. The summed E-state index contributed by atoms with van der Waals surface area (Å²) in [4.78, 5) is 11.6. The molecule has 2 rings (SSSR count). The fraction of sp³-hybridized carbons (Fsp3) is 0.500. The van der Waals surface area contributed by atoms with Crippen LogP contribution >= 0.6 is 0 Å². The molecule has 1 fully saturated rings. The number of methoxy groups -OCH3 is 1. The van der Waals surface area contributed by atoms with Crippen molar-refractivity contribution in [3.05, 3.63) is 24.3 Å². The number of carboxylic acids is 1. The van der Waals surface area contributed by atoms with Crippen LogP contribution < -0.4 is 10.1 Å². The Morgan fingerprint density at radius 2 is 2.26 bits per heavy atom. The highest BCUT2D eigenvalue weighted by atomic mass is 16.5. The second-order valence-electron chi connectivity index (χ2n) is 4.71. The van der Waals surface area contributed by atoms with Gasteiger partial charge in [-0.25, -0.2) is 4.79 Å². The highest BCUT2D eigenvalue weighted by molar-refractivity contribution is 5.83. The normalized spacial score (nSPS) is 23.4. The van der Waals surface area contributed by atoms with Crippen LogP contribution in [0.2, 0.25) is 0 Å². The number of rotatable bonds is 4. The van der Waals surface area contributed by atoms with E-state index < -0.39 is 11.5 Å². The number of anilines is 1. The third-order valence-corrected chi connectivity index (χ3v) is 3.43. The molecule has 1 aliphatic heterocycles. The summed E-state index contributed by atoms with van der Waals surface area (Å²) < 4.78 is 10.5. The first-order chi connectivity index (χ1) is 9.16. The zero-order chi connectivity index (χ0) is 13.7. The highest BCUT2D eigenvalue weighted by Gasteiger charge is 2.39. The van der Waals surface area contributed by atoms with Crippen molar-refractivity contribution in [1.82, 2.24) is 0 Å². The summed E-state index contributed by atoms with van der Waals surface area (Å²) in [5.74, 6) is -0.128. The summed E-state index contributed by atoms with van der Waals surface area (Å²) >= 11 is 0. The number of carbonyl (C=O) groups is 1. The second kappa shape index (κ2) is 5.93. The van der Waals surface area contributed by atoms with E-state index in [4.69, 9.17) is 9.47 Å². The van der Waals surface area contributed by atoms with Crippen LogP contribution in [0.25, 0.3) is 0 Å². The molecule has 5 nitrogen and oxygen atoms in total. The van der Waals surface area contributed by atoms with Gasteiger partial charge in [0.25, 0.3) is 0 Å². The molecule has 1 heterocycles. The minimum absolute atomic E-state index is 0.458. The van der Waals surface area contributed by atoms with Crippen LogP contribution in [0.4, 0.5) is 5.69 Å². The molecule has 0 aromatic heterocycles. The van der Waals surface area contributed by atoms with Crippen molar-refractivity contribution in [2.24, 2.45) is 0 Å². The number of benzene rings is 1. The molecule has 0 spiro atoms. The topological polar surface area (TPSA) is 67.8 Å². The lowest BCUT2D eigenvalue weighted by Crippen LogP contribution is -2.46. The van der Waals surface area contributed by atoms with Gasteiger partial charge in [-0.15, -0.1) is 0 Å². The molecule has 5 heteroatoms. The van der Waals surface area contributed by atoms with Gasteiger partial charge in [-0.05, 0) is 25.0 Å². The van der Waals surface area contributed by atoms with E-state index in [-0.39, 0.29) is 0 Å². The van der Waals surface area contributed by atoms with Gasteiger partial charge >= 0.3 is 5.97 Å². The van der Waals surface area contributed by atoms with Crippen LogP contribution in [0.1, 0.15) is 19.3 Å². The van der Waals surface area contributed by atoms with Gasteiger partial charge in [0.2, 0.25) is 0 Å². The Kier molecular flexibility index (Phi) is 4.27. The van der Waals surface area contributed by atoms with Gasteiger partial charge < -0.3 is 19.9 Å². The highest BCUT2D eigenvalue weighted by Crippen LogP contribution is 2.28. The quantitative estimate of drug-likeness (QED) is 0.873. The van der Waals surface area contributed by atoms with Crippen LogP contribution in [-0.4, -0.2) is 36.9 Å². The van der Waals surface area contributed by atoms with Gasteiger partial charge in [0, 0.05) is 31.4 Å². The molecule has 0 bridgehead atoms. The minimum Gasteiger partial charge on any atom is -0.497 e. The van der Waals surface area contributed by atoms with Crippen molar-refractivity contribution in [3.63, 3.8) is 0 Å². The Hall–Kier alpha value is -1.75. The number of carboxylic acid groups (broad SMARTS) is 1. The van der Waals surface area contributed by atoms with Crippen LogP contribution in [0.3, 0.4) is 0 Å². The van der Waals surface area contributed by atoms with Crippen LogP contribution in [0.5, 0.6) is 5.75 Å². The van der Waals surface area contributed by atoms with Gasteiger partial charge in [-0.1, -0.05) is 6.07 Å². The molecule has 1 atom stereocenters. The maximum Gasteiger partial charge on any atom is 0.329 e. The lowest BCUT2D eigenvalue weighted by molar-refractivity contribution is -0.142. The molecule has 0 saturated carbocycles. The molecular formula is C14H19NO4. The van der Waals surface area contributed by atoms with Gasteiger partial charge in [0.15, 0.2) is 0 Å². The predicted octanol–water partition coefficient (Wildman–Crippen LogP) is 2.13. The lowest BCUT2D eigenvalue weighted by atomic mass is 9.90. The Balaban J connectivity index is 2.21. The molecule has 2 N–H and O–H groups in total. The van der Waals surface area contributed by atoms with E-state index in [0.29, 0.717) is 31.8 Å². The number of nitrogens with one attached hydrogen (secondary N) is 1. The summed E-state index contributed by atoms with van der Waals surface area (Å²) in [5.41, 5.74) is -0.202. The summed E-state index contributed by atoms with van der Waals surface area (Å²) in [5, 5.41) is 12.7. The van der Waals surface area contributed by atoms with Gasteiger partial charge in [-0.2, -0.15) is 0 Å². The van der Waals surface area contributed by atoms with Crippen LogP contribution in [0, 0.1) is 0 Å². The molecule has 1 aliphatic rings. The zero-order valence-corrected chi connectivity index (χ0v) is 11.0. The second-order valence-corrected chi connectivity index (χ2v) is 4.71. The van der Waals surface area contributed by atoms with E-state index in [1.165, 1.54) is 0 Å². The Labute approximate surface area is 112 Å². The molecule has 104 valence electrons. The fourth-order valence-electron chi connectivity index (χ4n) is 2.32. The summed E-state index contributed by atoms with van der Waals surface area (Å²) in [6.45, 7) is 1.08. The molecule has 0 amide bonds. The minimum atomic E-state index is -0.955. The number of hydrogen-bond acceptors (Lipinski definition) is 4. The van der Waals surface area contributed by atoms with E-state index in [9.17, 15) is 9.90 Å². The predicted molar refractivity (Wildman–Crippen MR) is 71.7 cm³/mol. The van der Waals surface area contributed by atoms with E-state index in [1.54, 1.807) is 13.2 Å². The van der Waals surface area contributed by atoms with Crippen molar-refractivity contribution in [2.75, 3.05) is 25.6 Å². The van der Waals surface area contributed by atoms with Gasteiger partial charge in [0.1, 0.15) is 11.3 Å². The van der Waals surface area contributed by atoms with E-state index in [2.05, 4.69) is 5.32 Å². The van der Waals surface area contributed by atoms with Gasteiger partial charge in [0.05, 0.1) is 7.11 Å². The lowest BCUT2D eigenvalue weighted by Gasteiger charge is -2.30. The first-order valence-electron chi connectivity index (χ1n) is 6.40. The largest absolute Gasteiger partial charge is 0.497 e. The van der Waals surface area contributed by atoms with Crippen LogP contribution in [0.15, 0.2) is 24.3 Å². The molecule has 1 saturated heterocycles. The SMILES string of the molecule is COc1cccc(NC2(C(=O)O)CCCOCC2)c1. The average Bonchev–Trinajstić information content (AvgIpc) is 2.65. The molecule has 1 aromatic rings. The standard InChI is InChI=1S/C14H19NO4/c1-18-12-5-2-4-11(10-12)15-14(13(16)17)6-3-8-19-9-7-14/h2,4-5,10,15H,3,6-9H2,1H3,(H,16,17). The molecule has 19 heavy (non-hydrogen) atoms. The smallest absolute Gasteiger partial charge is 0.329 e. The maximum atomic E-state index is 11.6. The number of hydrogen-bond donors (Lipinski definition) is 2. The zero-order valence-electron chi connectivity index (χ0n) is 11.0. The first-order valence-corrected chi connectivity index (χ1v) is 6.40. The monoisotopic (exact) mass is 265 g/mol. The number of ether oxygens (including phenoxy) is 2. The van der Waals surface area contributed by atoms with Crippen LogP contribution in [-0.2, 0) is 9.53 Å². The molecule has 0 aliphatic carbocycles. The van der Waals surface area contributed by atoms with Crippen molar-refractivity contribution in [3.8, 4) is 5.75 Å². The summed E-state index contributed by atoms with van der Waals surface area (Å²) in [7, 11) is 1.59. The van der Waals surface area contributed by atoms with E-state index >= 15 is 0 Å². The Morgan fingerprint density at radius 3 is 3.00 bits per heavy atom. The van der Waals surface area contributed by atoms with Crippen molar-refractivity contribution >= 4 is 11.7 Å². The van der Waals surface area contributed by atoms with Crippen molar-refractivity contribution < 1.29 is 19.4 Å². The summed E-state index contributed by atoms with van der Waals surface area (Å²) in [6.07, 6.45) is 1.75. The van der Waals surface area contributed by atoms with E-state index in [0.717, 1.165) is 12.1 Å². The molecule has 0 radical (unpaired) electrons. The first kappa shape index (κ1) is 13.7. The third-order valence-electron chi connectivity index (χ3n) is 3.43. The molecule has 1 aromatic carbocycles. The number of aliphatic carboxylic acids is 1. The Bertz CT molecular complexity index is 439. The van der Waals surface area contributed by atoms with Gasteiger partial charge in [-0.3, -0.25) is 0 Å². The third kappa shape index (κ3) is 3.17. The fourth-order valence-corrected chi connectivity index (χ4v) is 2.32. The summed E-state index contributed by atoms with van der Waals surface area (Å²) in [6, 6.07) is 7.31.